The number of carbonyl (C=O) groups is 1. The number of hydrogen-bond acceptors (Lipinski definition) is 7. The van der Waals surface area contributed by atoms with Crippen molar-refractivity contribution in [3.05, 3.63) is 66.8 Å². The molecule has 2 aromatic rings. The van der Waals surface area contributed by atoms with Gasteiger partial charge in [-0.3, -0.25) is 30.2 Å². The third-order valence-electron chi connectivity index (χ3n) is 3.48. The fraction of sp³-hybridized carbons (Fsp3) is 0.176. The van der Waals surface area contributed by atoms with E-state index in [9.17, 15) is 13.2 Å². The average Bonchev–Trinajstić information content (AvgIpc) is 2.67. The number of rotatable bonds is 8. The van der Waals surface area contributed by atoms with E-state index in [1.807, 2.05) is 6.07 Å². The molecular formula is C17H20N6O3S2. The van der Waals surface area contributed by atoms with Gasteiger partial charge in [0.1, 0.15) is 16.4 Å². The quantitative estimate of drug-likeness (QED) is 0.471. The number of sulfonamides is 1. The van der Waals surface area contributed by atoms with Crippen LogP contribution in [0.25, 0.3) is 5.70 Å². The zero-order valence-corrected chi connectivity index (χ0v) is 17.0. The molecule has 2 N–H and O–H groups in total. The highest BCUT2D eigenvalue weighted by Gasteiger charge is 2.21. The van der Waals surface area contributed by atoms with E-state index in [1.54, 1.807) is 24.3 Å². The number of nitrogens with zero attached hydrogens (tertiary/aromatic N) is 4. The Hall–Kier alpha value is -2.89. The molecule has 1 amide bonds. The fourth-order valence-corrected chi connectivity index (χ4v) is 3.36. The van der Waals surface area contributed by atoms with E-state index in [0.29, 0.717) is 17.0 Å². The van der Waals surface area contributed by atoms with Crippen LogP contribution in [0.5, 0.6) is 0 Å². The van der Waals surface area contributed by atoms with Crippen molar-refractivity contribution in [2.75, 3.05) is 19.8 Å². The molecule has 0 fully saturated rings. The van der Waals surface area contributed by atoms with Gasteiger partial charge in [-0.1, -0.05) is 49.1 Å². The first-order valence-electron chi connectivity index (χ1n) is 8.01. The van der Waals surface area contributed by atoms with Gasteiger partial charge in [0.05, 0.1) is 11.9 Å². The SMILES string of the molecule is C=C(c1cnccn1)N(C)NC(=O)CS(=O)(=O)NN(C)C(=S)c1ccccc1. The maximum absolute atomic E-state index is 12.3. The number of nitrogens with one attached hydrogen (secondary N) is 2. The van der Waals surface area contributed by atoms with E-state index < -0.39 is 21.7 Å². The Morgan fingerprint density at radius 1 is 1.18 bits per heavy atom. The van der Waals surface area contributed by atoms with Gasteiger partial charge in [-0.15, -0.1) is 4.83 Å². The molecule has 0 atom stereocenters. The van der Waals surface area contributed by atoms with Crippen LogP contribution >= 0.6 is 12.2 Å². The molecule has 1 heterocycles. The van der Waals surface area contributed by atoms with Gasteiger partial charge in [-0.05, 0) is 0 Å². The molecule has 28 heavy (non-hydrogen) atoms. The Kier molecular flexibility index (Phi) is 7.15. The number of thiocarbonyl (C=S) groups is 1. The highest BCUT2D eigenvalue weighted by Crippen LogP contribution is 2.09. The lowest BCUT2D eigenvalue weighted by molar-refractivity contribution is -0.121. The molecule has 0 radical (unpaired) electrons. The van der Waals surface area contributed by atoms with E-state index in [-0.39, 0.29) is 4.99 Å². The van der Waals surface area contributed by atoms with Crippen molar-refractivity contribution >= 4 is 38.8 Å². The second-order valence-corrected chi connectivity index (χ2v) is 7.80. The normalized spacial score (nSPS) is 10.8. The summed E-state index contributed by atoms with van der Waals surface area (Å²) in [4.78, 5) is 22.6. The fourth-order valence-electron chi connectivity index (χ4n) is 2.14. The lowest BCUT2D eigenvalue weighted by Crippen LogP contribution is -2.48. The minimum Gasteiger partial charge on any atom is -0.287 e. The van der Waals surface area contributed by atoms with Crippen LogP contribution in [0.1, 0.15) is 11.3 Å². The summed E-state index contributed by atoms with van der Waals surface area (Å²) in [5.41, 5.74) is 3.90. The molecule has 11 heteroatoms. The van der Waals surface area contributed by atoms with Crippen molar-refractivity contribution in [3.63, 3.8) is 0 Å². The maximum Gasteiger partial charge on any atom is 0.255 e. The number of carbonyl (C=O) groups excluding carboxylic acids is 1. The second kappa shape index (κ2) is 9.35. The summed E-state index contributed by atoms with van der Waals surface area (Å²) in [7, 11) is -0.992. The highest BCUT2D eigenvalue weighted by molar-refractivity contribution is 7.90. The van der Waals surface area contributed by atoms with Crippen LogP contribution in [0.2, 0.25) is 0 Å². The molecular weight excluding hydrogens is 400 g/mol. The smallest absolute Gasteiger partial charge is 0.255 e. The molecule has 0 saturated heterocycles. The Morgan fingerprint density at radius 2 is 1.86 bits per heavy atom. The zero-order chi connectivity index (χ0) is 20.7. The third kappa shape index (κ3) is 6.08. The van der Waals surface area contributed by atoms with Crippen LogP contribution in [0.15, 0.2) is 55.5 Å². The standard InChI is InChI=1S/C17H20N6O3S2/c1-13(15-11-18-9-10-19-15)22(2)20-16(24)12-28(25,26)21-23(3)17(27)14-7-5-4-6-8-14/h4-11,21H,1,12H2,2-3H3,(H,20,24). The number of hydrogen-bond donors (Lipinski definition) is 2. The molecule has 9 nitrogen and oxygen atoms in total. The van der Waals surface area contributed by atoms with E-state index >= 15 is 0 Å². The summed E-state index contributed by atoms with van der Waals surface area (Å²) in [5.74, 6) is -1.55. The van der Waals surface area contributed by atoms with Crippen molar-refractivity contribution in [1.29, 1.82) is 0 Å². The molecule has 0 saturated carbocycles. The van der Waals surface area contributed by atoms with Crippen LogP contribution in [-0.2, 0) is 14.8 Å². The van der Waals surface area contributed by atoms with Crippen molar-refractivity contribution in [1.82, 2.24) is 30.2 Å². The van der Waals surface area contributed by atoms with E-state index in [4.69, 9.17) is 12.2 Å². The minimum atomic E-state index is -3.98. The zero-order valence-electron chi connectivity index (χ0n) is 15.4. The molecule has 0 aliphatic carbocycles. The molecule has 0 aliphatic rings. The van der Waals surface area contributed by atoms with Gasteiger partial charge in [-0.25, -0.2) is 8.42 Å². The van der Waals surface area contributed by atoms with Crippen LogP contribution in [0, 0.1) is 0 Å². The maximum atomic E-state index is 12.3. The van der Waals surface area contributed by atoms with Crippen molar-refractivity contribution < 1.29 is 13.2 Å². The van der Waals surface area contributed by atoms with Crippen LogP contribution < -0.4 is 10.3 Å². The number of amides is 1. The van der Waals surface area contributed by atoms with Gasteiger partial charge in [-0.2, -0.15) is 0 Å². The van der Waals surface area contributed by atoms with E-state index in [2.05, 4.69) is 26.8 Å². The Labute approximate surface area is 169 Å². The van der Waals surface area contributed by atoms with Crippen molar-refractivity contribution in [2.45, 2.75) is 0 Å². The summed E-state index contributed by atoms with van der Waals surface area (Å²) in [6.45, 7) is 3.80. The summed E-state index contributed by atoms with van der Waals surface area (Å²) < 4.78 is 24.5. The Balaban J connectivity index is 1.93. The topological polar surface area (TPSA) is 108 Å². The predicted molar refractivity (Wildman–Crippen MR) is 110 cm³/mol. The molecule has 0 bridgehead atoms. The van der Waals surface area contributed by atoms with Crippen molar-refractivity contribution in [3.8, 4) is 0 Å². The highest BCUT2D eigenvalue weighted by atomic mass is 32.2. The minimum absolute atomic E-state index is 0.276. The lowest BCUT2D eigenvalue weighted by Gasteiger charge is -2.23. The van der Waals surface area contributed by atoms with E-state index in [1.165, 1.54) is 42.7 Å². The first-order chi connectivity index (χ1) is 13.2. The van der Waals surface area contributed by atoms with Gasteiger partial charge in [0, 0.05) is 32.1 Å². The van der Waals surface area contributed by atoms with Gasteiger partial charge in [0.2, 0.25) is 10.0 Å². The second-order valence-electron chi connectivity index (χ2n) is 5.71. The first kappa shape index (κ1) is 21.4. The molecule has 1 aromatic carbocycles. The largest absolute Gasteiger partial charge is 0.287 e. The number of aromatic nitrogens is 2. The van der Waals surface area contributed by atoms with Crippen LogP contribution in [0.4, 0.5) is 0 Å². The van der Waals surface area contributed by atoms with Gasteiger partial charge < -0.3 is 0 Å². The molecule has 2 rings (SSSR count). The Bertz CT molecular complexity index is 951. The lowest BCUT2D eigenvalue weighted by atomic mass is 10.2. The third-order valence-corrected chi connectivity index (χ3v) is 5.18. The van der Waals surface area contributed by atoms with Gasteiger partial charge >= 0.3 is 0 Å². The molecule has 0 unspecified atom stereocenters. The predicted octanol–water partition coefficient (Wildman–Crippen LogP) is 0.552. The molecule has 1 aromatic heterocycles. The van der Waals surface area contributed by atoms with Crippen molar-refractivity contribution in [2.24, 2.45) is 0 Å². The number of hydrazine groups is 2. The van der Waals surface area contributed by atoms with Crippen LogP contribution in [0.3, 0.4) is 0 Å². The average molecular weight is 421 g/mol. The molecule has 0 spiro atoms. The van der Waals surface area contributed by atoms with Gasteiger partial charge in [0.15, 0.2) is 0 Å². The summed E-state index contributed by atoms with van der Waals surface area (Å²) in [6.07, 6.45) is 4.46. The summed E-state index contributed by atoms with van der Waals surface area (Å²) in [5, 5.41) is 2.45. The van der Waals surface area contributed by atoms with Gasteiger partial charge in [0.25, 0.3) is 5.91 Å². The monoisotopic (exact) mass is 420 g/mol. The summed E-state index contributed by atoms with van der Waals surface area (Å²) >= 11 is 5.25. The molecule has 0 aliphatic heterocycles. The van der Waals surface area contributed by atoms with E-state index in [0.717, 1.165) is 0 Å². The van der Waals surface area contributed by atoms with Crippen LogP contribution in [-0.4, -0.2) is 59.1 Å². The number of benzene rings is 1. The molecule has 148 valence electrons. The summed E-state index contributed by atoms with van der Waals surface area (Å²) in [6, 6.07) is 8.92. The first-order valence-corrected chi connectivity index (χ1v) is 10.1. The Morgan fingerprint density at radius 3 is 2.46 bits per heavy atom.